The summed E-state index contributed by atoms with van der Waals surface area (Å²) in [5.41, 5.74) is 6.23. The van der Waals surface area contributed by atoms with Crippen LogP contribution in [0.1, 0.15) is 48.8 Å². The molecule has 1 fully saturated rings. The third-order valence-corrected chi connectivity index (χ3v) is 6.49. The number of sulfonamides is 1. The van der Waals surface area contributed by atoms with Gasteiger partial charge < -0.3 is 10.5 Å². The Bertz CT molecular complexity index is 898. The maximum atomic E-state index is 12.9. The van der Waals surface area contributed by atoms with E-state index in [-0.39, 0.29) is 22.6 Å². The van der Waals surface area contributed by atoms with Gasteiger partial charge in [-0.3, -0.25) is 9.89 Å². The number of piperidine rings is 1. The van der Waals surface area contributed by atoms with E-state index in [9.17, 15) is 13.2 Å². The second kappa shape index (κ2) is 7.69. The summed E-state index contributed by atoms with van der Waals surface area (Å²) >= 11 is 0. The number of primary amides is 1. The highest BCUT2D eigenvalue weighted by Gasteiger charge is 2.30. The normalized spacial score (nSPS) is 16.6. The van der Waals surface area contributed by atoms with E-state index in [1.807, 2.05) is 13.8 Å². The summed E-state index contributed by atoms with van der Waals surface area (Å²) in [6.07, 6.45) is 1.33. The molecule has 3 N–H and O–H groups in total. The molecule has 1 amide bonds. The van der Waals surface area contributed by atoms with Crippen molar-refractivity contribution in [2.24, 2.45) is 5.73 Å². The number of aromatic amines is 1. The SMILES string of the molecule is CC(C)Oc1ccc(S(=O)(=O)N2CCC(c3cc(C(N)=O)n[nH]3)CC2)cc1. The smallest absolute Gasteiger partial charge is 0.269 e. The van der Waals surface area contributed by atoms with E-state index >= 15 is 0 Å². The van der Waals surface area contributed by atoms with E-state index < -0.39 is 15.9 Å². The summed E-state index contributed by atoms with van der Waals surface area (Å²) in [4.78, 5) is 11.4. The Morgan fingerprint density at radius 2 is 1.89 bits per heavy atom. The van der Waals surface area contributed by atoms with Gasteiger partial charge in [-0.05, 0) is 57.0 Å². The minimum absolute atomic E-state index is 0.0315. The highest BCUT2D eigenvalue weighted by molar-refractivity contribution is 7.89. The van der Waals surface area contributed by atoms with Gasteiger partial charge in [0.25, 0.3) is 5.91 Å². The van der Waals surface area contributed by atoms with Crippen molar-refractivity contribution >= 4 is 15.9 Å². The lowest BCUT2D eigenvalue weighted by atomic mass is 9.94. The first-order chi connectivity index (χ1) is 12.8. The largest absolute Gasteiger partial charge is 0.491 e. The fraction of sp³-hybridized carbons (Fsp3) is 0.444. The number of hydrogen-bond acceptors (Lipinski definition) is 5. The van der Waals surface area contributed by atoms with Crippen molar-refractivity contribution in [1.82, 2.24) is 14.5 Å². The van der Waals surface area contributed by atoms with E-state index in [2.05, 4.69) is 10.2 Å². The Labute approximate surface area is 158 Å². The Hall–Kier alpha value is -2.39. The Morgan fingerprint density at radius 1 is 1.26 bits per heavy atom. The fourth-order valence-corrected chi connectivity index (χ4v) is 4.66. The molecule has 3 rings (SSSR count). The summed E-state index contributed by atoms with van der Waals surface area (Å²) in [6.45, 7) is 4.64. The van der Waals surface area contributed by atoms with Crippen LogP contribution in [0.25, 0.3) is 0 Å². The van der Waals surface area contributed by atoms with Crippen molar-refractivity contribution in [1.29, 1.82) is 0 Å². The molecule has 1 saturated heterocycles. The number of nitrogens with two attached hydrogens (primary N) is 1. The molecule has 0 atom stereocenters. The predicted octanol–water partition coefficient (Wildman–Crippen LogP) is 1.86. The van der Waals surface area contributed by atoms with Gasteiger partial charge in [0.2, 0.25) is 10.0 Å². The maximum Gasteiger partial charge on any atom is 0.269 e. The highest BCUT2D eigenvalue weighted by Crippen LogP contribution is 2.30. The third kappa shape index (κ3) is 4.30. The van der Waals surface area contributed by atoms with Crippen molar-refractivity contribution in [3.8, 4) is 5.75 Å². The van der Waals surface area contributed by atoms with E-state index in [0.717, 1.165) is 5.69 Å². The lowest BCUT2D eigenvalue weighted by molar-refractivity contribution is 0.0995. The van der Waals surface area contributed by atoms with E-state index in [1.54, 1.807) is 30.3 Å². The lowest BCUT2D eigenvalue weighted by Gasteiger charge is -2.30. The average Bonchev–Trinajstić information content (AvgIpc) is 3.12. The first-order valence-corrected chi connectivity index (χ1v) is 10.3. The van der Waals surface area contributed by atoms with Crippen molar-refractivity contribution in [3.63, 3.8) is 0 Å². The number of aromatic nitrogens is 2. The number of carbonyl (C=O) groups excluding carboxylic acids is 1. The minimum Gasteiger partial charge on any atom is -0.491 e. The second-order valence-electron chi connectivity index (χ2n) is 6.89. The van der Waals surface area contributed by atoms with Crippen LogP contribution in [0, 0.1) is 0 Å². The van der Waals surface area contributed by atoms with E-state index in [0.29, 0.717) is 31.7 Å². The third-order valence-electron chi connectivity index (χ3n) is 4.58. The molecule has 1 aromatic carbocycles. The average molecular weight is 392 g/mol. The summed E-state index contributed by atoms with van der Waals surface area (Å²) in [7, 11) is -3.54. The molecule has 0 unspecified atom stereocenters. The Kier molecular flexibility index (Phi) is 5.52. The van der Waals surface area contributed by atoms with Crippen molar-refractivity contribution in [3.05, 3.63) is 41.7 Å². The molecule has 1 aromatic heterocycles. The predicted molar refractivity (Wildman–Crippen MR) is 100 cm³/mol. The minimum atomic E-state index is -3.54. The van der Waals surface area contributed by atoms with Gasteiger partial charge in [0.1, 0.15) is 11.4 Å². The van der Waals surface area contributed by atoms with Crippen LogP contribution < -0.4 is 10.5 Å². The van der Waals surface area contributed by atoms with Crippen LogP contribution >= 0.6 is 0 Å². The molecule has 2 heterocycles. The number of rotatable bonds is 6. The van der Waals surface area contributed by atoms with Crippen LogP contribution in [0.15, 0.2) is 35.2 Å². The summed E-state index contributed by atoms with van der Waals surface area (Å²) < 4.78 is 32.8. The first kappa shape index (κ1) is 19.4. The highest BCUT2D eigenvalue weighted by atomic mass is 32.2. The van der Waals surface area contributed by atoms with Crippen LogP contribution in [0.5, 0.6) is 5.75 Å². The molecule has 0 saturated carbocycles. The number of carbonyl (C=O) groups is 1. The zero-order chi connectivity index (χ0) is 19.6. The van der Waals surface area contributed by atoms with Crippen LogP contribution in [0.3, 0.4) is 0 Å². The number of benzene rings is 1. The van der Waals surface area contributed by atoms with Crippen LogP contribution in [0.4, 0.5) is 0 Å². The quantitative estimate of drug-likeness (QED) is 0.778. The van der Waals surface area contributed by atoms with Gasteiger partial charge in [0.15, 0.2) is 0 Å². The van der Waals surface area contributed by atoms with Gasteiger partial charge in [0, 0.05) is 24.7 Å². The van der Waals surface area contributed by atoms with Crippen molar-refractivity contribution in [2.45, 2.75) is 43.6 Å². The maximum absolute atomic E-state index is 12.9. The summed E-state index contributed by atoms with van der Waals surface area (Å²) in [5.74, 6) is 0.188. The first-order valence-electron chi connectivity index (χ1n) is 8.89. The molecule has 0 aliphatic carbocycles. The van der Waals surface area contributed by atoms with Crippen molar-refractivity contribution < 1.29 is 17.9 Å². The van der Waals surface area contributed by atoms with Gasteiger partial charge in [0.05, 0.1) is 11.0 Å². The Balaban J connectivity index is 1.66. The van der Waals surface area contributed by atoms with Crippen molar-refractivity contribution in [2.75, 3.05) is 13.1 Å². The molecular formula is C18H24N4O4S. The van der Waals surface area contributed by atoms with Gasteiger partial charge in [-0.15, -0.1) is 0 Å². The van der Waals surface area contributed by atoms with E-state index in [4.69, 9.17) is 10.5 Å². The zero-order valence-electron chi connectivity index (χ0n) is 15.4. The number of amides is 1. The van der Waals surface area contributed by atoms with Gasteiger partial charge in [-0.2, -0.15) is 9.40 Å². The Morgan fingerprint density at radius 3 is 2.41 bits per heavy atom. The molecule has 1 aliphatic heterocycles. The number of H-pyrrole nitrogens is 1. The molecule has 27 heavy (non-hydrogen) atoms. The molecule has 146 valence electrons. The molecular weight excluding hydrogens is 368 g/mol. The zero-order valence-corrected chi connectivity index (χ0v) is 16.2. The summed E-state index contributed by atoms with van der Waals surface area (Å²) in [6, 6.07) is 8.15. The van der Waals surface area contributed by atoms with Gasteiger partial charge in [-0.25, -0.2) is 8.42 Å². The molecule has 0 radical (unpaired) electrons. The van der Waals surface area contributed by atoms with Crippen LogP contribution in [0.2, 0.25) is 0 Å². The molecule has 1 aliphatic rings. The lowest BCUT2D eigenvalue weighted by Crippen LogP contribution is -2.37. The topological polar surface area (TPSA) is 118 Å². The molecule has 0 spiro atoms. The molecule has 0 bridgehead atoms. The molecule has 2 aromatic rings. The number of hydrogen-bond donors (Lipinski definition) is 2. The number of nitrogens with one attached hydrogen (secondary N) is 1. The van der Waals surface area contributed by atoms with Gasteiger partial charge >= 0.3 is 0 Å². The number of ether oxygens (including phenoxy) is 1. The fourth-order valence-electron chi connectivity index (χ4n) is 3.19. The van der Waals surface area contributed by atoms with E-state index in [1.165, 1.54) is 4.31 Å². The van der Waals surface area contributed by atoms with Crippen LogP contribution in [-0.2, 0) is 10.0 Å². The molecule has 9 heteroatoms. The van der Waals surface area contributed by atoms with Gasteiger partial charge in [-0.1, -0.05) is 0 Å². The monoisotopic (exact) mass is 392 g/mol. The standard InChI is InChI=1S/C18H24N4O4S/c1-12(2)26-14-3-5-15(6-4-14)27(24,25)22-9-7-13(8-10-22)16-11-17(18(19)23)21-20-16/h3-6,11-13H,7-10H2,1-2H3,(H2,19,23)(H,20,21). The second-order valence-corrected chi connectivity index (χ2v) is 8.83. The summed E-state index contributed by atoms with van der Waals surface area (Å²) in [5, 5.41) is 6.72. The molecule has 8 nitrogen and oxygen atoms in total. The van der Waals surface area contributed by atoms with Crippen LogP contribution in [-0.4, -0.2) is 48.0 Å². The number of nitrogens with zero attached hydrogens (tertiary/aromatic N) is 2.